The van der Waals surface area contributed by atoms with Crippen LogP contribution >= 0.6 is 39.0 Å². The third-order valence-corrected chi connectivity index (χ3v) is 6.38. The summed E-state index contributed by atoms with van der Waals surface area (Å²) in [6.07, 6.45) is 0.755. The third-order valence-electron chi connectivity index (χ3n) is 3.63. The van der Waals surface area contributed by atoms with Crippen molar-refractivity contribution in [2.75, 3.05) is 11.1 Å². The Balaban J connectivity index is 1.57. The predicted molar refractivity (Wildman–Crippen MR) is 106 cm³/mol. The number of hydrogen-bond acceptors (Lipinski definition) is 5. The van der Waals surface area contributed by atoms with Crippen LogP contribution in [0.1, 0.15) is 16.3 Å². The Labute approximate surface area is 163 Å². The molecule has 8 heteroatoms. The molecule has 130 valence electrons. The van der Waals surface area contributed by atoms with E-state index in [2.05, 4.69) is 42.9 Å². The molecule has 0 fully saturated rings. The van der Waals surface area contributed by atoms with Gasteiger partial charge in [-0.2, -0.15) is 0 Å². The fraction of sp³-hybridized carbons (Fsp3) is 0.235. The smallest absolute Gasteiger partial charge is 0.234 e. The number of halogens is 1. The van der Waals surface area contributed by atoms with E-state index in [-0.39, 0.29) is 11.7 Å². The zero-order valence-corrected chi connectivity index (χ0v) is 17.0. The molecule has 3 aromatic rings. The summed E-state index contributed by atoms with van der Waals surface area (Å²) >= 11 is 6.56. The molecule has 0 aliphatic rings. The SMILES string of the molecule is Cc1ccc(NC(=O)CSc2nnc(Cc3cccs3)n2C)cc1Br. The average Bonchev–Trinajstić information content (AvgIpc) is 3.21. The zero-order chi connectivity index (χ0) is 17.8. The number of nitrogens with zero attached hydrogens (tertiary/aromatic N) is 3. The molecule has 0 aliphatic heterocycles. The lowest BCUT2D eigenvalue weighted by atomic mass is 10.2. The molecule has 0 radical (unpaired) electrons. The van der Waals surface area contributed by atoms with E-state index in [1.807, 2.05) is 42.8 Å². The van der Waals surface area contributed by atoms with E-state index in [0.29, 0.717) is 0 Å². The van der Waals surface area contributed by atoms with Crippen molar-refractivity contribution < 1.29 is 4.79 Å². The fourth-order valence-electron chi connectivity index (χ4n) is 2.19. The number of benzene rings is 1. The van der Waals surface area contributed by atoms with Gasteiger partial charge in [0.1, 0.15) is 5.82 Å². The molecule has 0 aliphatic carbocycles. The van der Waals surface area contributed by atoms with Gasteiger partial charge in [-0.3, -0.25) is 4.79 Å². The summed E-state index contributed by atoms with van der Waals surface area (Å²) in [5.74, 6) is 1.12. The molecule has 2 heterocycles. The van der Waals surface area contributed by atoms with Crippen molar-refractivity contribution in [1.29, 1.82) is 0 Å². The highest BCUT2D eigenvalue weighted by Crippen LogP contribution is 2.22. The van der Waals surface area contributed by atoms with E-state index in [9.17, 15) is 4.79 Å². The molecule has 0 spiro atoms. The normalized spacial score (nSPS) is 10.8. The first-order chi connectivity index (χ1) is 12.0. The zero-order valence-electron chi connectivity index (χ0n) is 13.8. The lowest BCUT2D eigenvalue weighted by Crippen LogP contribution is -2.14. The predicted octanol–water partition coefficient (Wildman–Crippen LogP) is 4.27. The maximum atomic E-state index is 12.2. The van der Waals surface area contributed by atoms with Crippen LogP contribution in [0.2, 0.25) is 0 Å². The number of thiophene rings is 1. The van der Waals surface area contributed by atoms with Crippen molar-refractivity contribution in [3.63, 3.8) is 0 Å². The molecule has 0 unspecified atom stereocenters. The highest BCUT2D eigenvalue weighted by molar-refractivity contribution is 9.10. The summed E-state index contributed by atoms with van der Waals surface area (Å²) in [5, 5.41) is 14.1. The number of nitrogens with one attached hydrogen (secondary N) is 1. The van der Waals surface area contributed by atoms with E-state index in [0.717, 1.165) is 33.1 Å². The van der Waals surface area contributed by atoms with Gasteiger partial charge in [-0.25, -0.2) is 0 Å². The van der Waals surface area contributed by atoms with Crippen LogP contribution in [0, 0.1) is 6.92 Å². The Bertz CT molecular complexity index is 877. The van der Waals surface area contributed by atoms with Gasteiger partial charge in [-0.1, -0.05) is 39.8 Å². The molecule has 0 bridgehead atoms. The number of anilines is 1. The third kappa shape index (κ3) is 4.71. The number of hydrogen-bond donors (Lipinski definition) is 1. The molecule has 1 N–H and O–H groups in total. The van der Waals surface area contributed by atoms with Gasteiger partial charge < -0.3 is 9.88 Å². The number of rotatable bonds is 6. The average molecular weight is 437 g/mol. The Morgan fingerprint density at radius 2 is 2.20 bits per heavy atom. The summed E-state index contributed by atoms with van der Waals surface area (Å²) < 4.78 is 2.92. The van der Waals surface area contributed by atoms with Gasteiger partial charge in [0, 0.05) is 28.5 Å². The number of thioether (sulfide) groups is 1. The summed E-state index contributed by atoms with van der Waals surface area (Å²) in [7, 11) is 1.93. The first-order valence-corrected chi connectivity index (χ1v) is 10.3. The van der Waals surface area contributed by atoms with Crippen LogP contribution in [0.3, 0.4) is 0 Å². The van der Waals surface area contributed by atoms with Crippen LogP contribution in [-0.2, 0) is 18.3 Å². The van der Waals surface area contributed by atoms with Gasteiger partial charge in [0.25, 0.3) is 0 Å². The first-order valence-electron chi connectivity index (χ1n) is 7.62. The molecule has 0 saturated heterocycles. The van der Waals surface area contributed by atoms with Crippen LogP contribution in [0.15, 0.2) is 45.3 Å². The molecule has 0 atom stereocenters. The highest BCUT2D eigenvalue weighted by Gasteiger charge is 2.12. The topological polar surface area (TPSA) is 59.8 Å². The summed E-state index contributed by atoms with van der Waals surface area (Å²) in [5.41, 5.74) is 1.91. The van der Waals surface area contributed by atoms with Crippen molar-refractivity contribution in [2.45, 2.75) is 18.5 Å². The van der Waals surface area contributed by atoms with Gasteiger partial charge >= 0.3 is 0 Å². The van der Waals surface area contributed by atoms with Crippen LogP contribution in [-0.4, -0.2) is 26.4 Å². The number of aryl methyl sites for hydroxylation is 1. The molecule has 25 heavy (non-hydrogen) atoms. The minimum Gasteiger partial charge on any atom is -0.325 e. The van der Waals surface area contributed by atoms with E-state index in [1.165, 1.54) is 16.6 Å². The molecule has 5 nitrogen and oxygen atoms in total. The Morgan fingerprint density at radius 3 is 2.92 bits per heavy atom. The second-order valence-corrected chi connectivity index (χ2v) is 8.34. The largest absolute Gasteiger partial charge is 0.325 e. The second-order valence-electron chi connectivity index (χ2n) is 5.51. The van der Waals surface area contributed by atoms with Crippen molar-refractivity contribution in [3.8, 4) is 0 Å². The van der Waals surface area contributed by atoms with E-state index in [1.54, 1.807) is 11.3 Å². The lowest BCUT2D eigenvalue weighted by Gasteiger charge is -2.07. The van der Waals surface area contributed by atoms with Crippen molar-refractivity contribution in [1.82, 2.24) is 14.8 Å². The molecule has 3 rings (SSSR count). The summed E-state index contributed by atoms with van der Waals surface area (Å²) in [6.45, 7) is 2.01. The van der Waals surface area contributed by atoms with Gasteiger partial charge in [0.2, 0.25) is 5.91 Å². The summed E-state index contributed by atoms with van der Waals surface area (Å²) in [6, 6.07) is 9.87. The molecule has 1 aromatic carbocycles. The number of aromatic nitrogens is 3. The monoisotopic (exact) mass is 436 g/mol. The number of carbonyl (C=O) groups is 1. The lowest BCUT2D eigenvalue weighted by molar-refractivity contribution is -0.113. The number of amides is 1. The minimum atomic E-state index is -0.0661. The van der Waals surface area contributed by atoms with Crippen molar-refractivity contribution in [3.05, 3.63) is 56.4 Å². The fourth-order valence-corrected chi connectivity index (χ4v) is 4.00. The summed E-state index contributed by atoms with van der Waals surface area (Å²) in [4.78, 5) is 13.4. The van der Waals surface area contributed by atoms with Gasteiger partial charge in [0.15, 0.2) is 5.16 Å². The van der Waals surface area contributed by atoms with Crippen LogP contribution in [0.4, 0.5) is 5.69 Å². The Kier molecular flexibility index (Phi) is 5.93. The maximum absolute atomic E-state index is 12.2. The van der Waals surface area contributed by atoms with Gasteiger partial charge in [-0.15, -0.1) is 21.5 Å². The molecular formula is C17H17BrN4OS2. The van der Waals surface area contributed by atoms with E-state index < -0.39 is 0 Å². The molecule has 1 amide bonds. The maximum Gasteiger partial charge on any atom is 0.234 e. The Morgan fingerprint density at radius 1 is 1.36 bits per heavy atom. The minimum absolute atomic E-state index is 0.0661. The molecular weight excluding hydrogens is 420 g/mol. The van der Waals surface area contributed by atoms with Crippen LogP contribution < -0.4 is 5.32 Å². The van der Waals surface area contributed by atoms with Crippen molar-refractivity contribution in [2.24, 2.45) is 7.05 Å². The first kappa shape index (κ1) is 18.2. The van der Waals surface area contributed by atoms with Gasteiger partial charge in [-0.05, 0) is 36.1 Å². The molecule has 2 aromatic heterocycles. The highest BCUT2D eigenvalue weighted by atomic mass is 79.9. The van der Waals surface area contributed by atoms with Gasteiger partial charge in [0.05, 0.1) is 5.75 Å². The quantitative estimate of drug-likeness (QED) is 0.586. The van der Waals surface area contributed by atoms with Crippen LogP contribution in [0.5, 0.6) is 0 Å². The molecule has 0 saturated carbocycles. The standard InChI is InChI=1S/C17H17BrN4OS2/c1-11-5-6-12(8-14(11)18)19-16(23)10-25-17-21-20-15(22(17)2)9-13-4-3-7-24-13/h3-8H,9-10H2,1-2H3,(H,19,23). The van der Waals surface area contributed by atoms with E-state index >= 15 is 0 Å². The Hall–Kier alpha value is -1.64. The van der Waals surface area contributed by atoms with Crippen molar-refractivity contribution >= 4 is 50.6 Å². The second kappa shape index (κ2) is 8.16. The van der Waals surface area contributed by atoms with Crippen LogP contribution in [0.25, 0.3) is 0 Å². The van der Waals surface area contributed by atoms with E-state index in [4.69, 9.17) is 0 Å². The number of carbonyl (C=O) groups excluding carboxylic acids is 1.